The van der Waals surface area contributed by atoms with E-state index in [4.69, 9.17) is 4.74 Å². The average Bonchev–Trinajstić information content (AvgIpc) is 2.86. The van der Waals surface area contributed by atoms with Crippen molar-refractivity contribution in [2.75, 3.05) is 6.61 Å². The Balaban J connectivity index is 2.53. The summed E-state index contributed by atoms with van der Waals surface area (Å²) in [7, 11) is -1.75. The standard InChI is InChI=1S/C20H33FOSi/c1-15(2)23(16(3)4,17(5)6)14-20(19(21)12-13-22-20)18-10-8-7-9-11-18/h7-11,15-17,19H,12-14H2,1-6H3/t19-,20-/m1/s1. The van der Waals surface area contributed by atoms with E-state index in [1.807, 2.05) is 18.2 Å². The molecule has 0 aliphatic carbocycles. The molecule has 0 saturated carbocycles. The van der Waals surface area contributed by atoms with Gasteiger partial charge in [-0.05, 0) is 11.6 Å². The number of halogens is 1. The number of hydrogen-bond acceptors (Lipinski definition) is 1. The van der Waals surface area contributed by atoms with Crippen LogP contribution in [-0.2, 0) is 10.3 Å². The summed E-state index contributed by atoms with van der Waals surface area (Å²) < 4.78 is 21.4. The summed E-state index contributed by atoms with van der Waals surface area (Å²) in [5, 5.41) is 0. The van der Waals surface area contributed by atoms with Gasteiger partial charge in [-0.25, -0.2) is 4.39 Å². The minimum atomic E-state index is -1.75. The number of alkyl halides is 1. The smallest absolute Gasteiger partial charge is 0.135 e. The highest BCUT2D eigenvalue weighted by atomic mass is 28.3. The van der Waals surface area contributed by atoms with Gasteiger partial charge < -0.3 is 4.74 Å². The van der Waals surface area contributed by atoms with E-state index in [1.165, 1.54) is 0 Å². The first-order valence-electron chi connectivity index (χ1n) is 9.11. The van der Waals surface area contributed by atoms with Crippen LogP contribution in [0, 0.1) is 0 Å². The van der Waals surface area contributed by atoms with E-state index in [-0.39, 0.29) is 0 Å². The summed E-state index contributed by atoms with van der Waals surface area (Å²) in [5.74, 6) is 0. The van der Waals surface area contributed by atoms with Crippen LogP contribution in [0.1, 0.15) is 53.5 Å². The Kier molecular flexibility index (Phi) is 5.73. The molecule has 2 atom stereocenters. The Morgan fingerprint density at radius 3 is 1.96 bits per heavy atom. The first-order valence-corrected chi connectivity index (χ1v) is 11.5. The van der Waals surface area contributed by atoms with Gasteiger partial charge in [-0.2, -0.15) is 0 Å². The second-order valence-electron chi connectivity index (χ2n) is 8.11. The van der Waals surface area contributed by atoms with Crippen LogP contribution in [0.15, 0.2) is 30.3 Å². The molecule has 0 spiro atoms. The fourth-order valence-electron chi connectivity index (χ4n) is 4.98. The molecular weight excluding hydrogens is 303 g/mol. The van der Waals surface area contributed by atoms with E-state index < -0.39 is 19.8 Å². The van der Waals surface area contributed by atoms with E-state index in [9.17, 15) is 0 Å². The Morgan fingerprint density at radius 2 is 1.57 bits per heavy atom. The molecule has 0 amide bonds. The van der Waals surface area contributed by atoms with Crippen LogP contribution in [0.3, 0.4) is 0 Å². The second-order valence-corrected chi connectivity index (χ2v) is 14.2. The fraction of sp³-hybridized carbons (Fsp3) is 0.700. The van der Waals surface area contributed by atoms with Gasteiger partial charge in [0.05, 0.1) is 14.7 Å². The molecule has 1 saturated heterocycles. The summed E-state index contributed by atoms with van der Waals surface area (Å²) in [5.41, 5.74) is 2.13. The molecule has 130 valence electrons. The summed E-state index contributed by atoms with van der Waals surface area (Å²) >= 11 is 0. The lowest BCUT2D eigenvalue weighted by Gasteiger charge is -2.48. The van der Waals surface area contributed by atoms with Crippen molar-refractivity contribution in [3.63, 3.8) is 0 Å². The van der Waals surface area contributed by atoms with Gasteiger partial charge in [0.15, 0.2) is 0 Å². The van der Waals surface area contributed by atoms with E-state index >= 15 is 4.39 Å². The number of hydrogen-bond donors (Lipinski definition) is 0. The molecule has 1 aromatic carbocycles. The van der Waals surface area contributed by atoms with Crippen molar-refractivity contribution in [1.82, 2.24) is 0 Å². The van der Waals surface area contributed by atoms with Crippen molar-refractivity contribution in [3.05, 3.63) is 35.9 Å². The van der Waals surface area contributed by atoms with Crippen molar-refractivity contribution < 1.29 is 9.13 Å². The Hall–Kier alpha value is -0.673. The molecule has 0 unspecified atom stereocenters. The van der Waals surface area contributed by atoms with Crippen LogP contribution < -0.4 is 0 Å². The van der Waals surface area contributed by atoms with Crippen LogP contribution in [0.2, 0.25) is 22.7 Å². The molecule has 0 aromatic heterocycles. The third-order valence-corrected chi connectivity index (χ3v) is 13.9. The van der Waals surface area contributed by atoms with Crippen molar-refractivity contribution in [2.45, 2.75) is 82.4 Å². The van der Waals surface area contributed by atoms with Crippen LogP contribution in [-0.4, -0.2) is 20.9 Å². The summed E-state index contributed by atoms with van der Waals surface area (Å²) in [4.78, 5) is 0. The molecular formula is C20H33FOSi. The third-order valence-electron chi connectivity index (χ3n) is 6.29. The lowest BCUT2D eigenvalue weighted by atomic mass is 9.91. The maximum atomic E-state index is 15.1. The normalized spacial score (nSPS) is 25.7. The molecule has 0 radical (unpaired) electrons. The first-order chi connectivity index (χ1) is 10.8. The maximum absolute atomic E-state index is 15.1. The van der Waals surface area contributed by atoms with Gasteiger partial charge in [0.25, 0.3) is 0 Å². The largest absolute Gasteiger partial charge is 0.367 e. The number of benzene rings is 1. The van der Waals surface area contributed by atoms with Crippen molar-refractivity contribution >= 4 is 8.07 Å². The predicted molar refractivity (Wildman–Crippen MR) is 99.4 cm³/mol. The SMILES string of the molecule is CC(C)[Si](C[C@]1(c2ccccc2)OCC[C@H]1F)(C(C)C)C(C)C. The quantitative estimate of drug-likeness (QED) is 0.552. The van der Waals surface area contributed by atoms with Gasteiger partial charge in [0, 0.05) is 6.42 Å². The van der Waals surface area contributed by atoms with Crippen molar-refractivity contribution in [1.29, 1.82) is 0 Å². The topological polar surface area (TPSA) is 9.23 Å². The van der Waals surface area contributed by atoms with Gasteiger partial charge >= 0.3 is 0 Å². The highest BCUT2D eigenvalue weighted by Gasteiger charge is 2.55. The zero-order chi connectivity index (χ0) is 17.3. The van der Waals surface area contributed by atoms with Gasteiger partial charge in [0.1, 0.15) is 11.8 Å². The van der Waals surface area contributed by atoms with Crippen LogP contribution >= 0.6 is 0 Å². The predicted octanol–water partition coefficient (Wildman–Crippen LogP) is 6.32. The number of rotatable bonds is 6. The van der Waals surface area contributed by atoms with E-state index in [1.54, 1.807) is 0 Å². The van der Waals surface area contributed by atoms with E-state index in [0.717, 1.165) is 11.6 Å². The first kappa shape index (κ1) is 18.7. The Morgan fingerprint density at radius 1 is 1.04 bits per heavy atom. The molecule has 1 heterocycles. The molecule has 1 nitrogen and oxygen atoms in total. The zero-order valence-electron chi connectivity index (χ0n) is 15.6. The van der Waals surface area contributed by atoms with Crippen LogP contribution in [0.25, 0.3) is 0 Å². The second kappa shape index (κ2) is 7.06. The Bertz CT molecular complexity index is 478. The van der Waals surface area contributed by atoms with Crippen molar-refractivity contribution in [2.24, 2.45) is 0 Å². The summed E-state index contributed by atoms with van der Waals surface area (Å²) in [6.45, 7) is 14.6. The van der Waals surface area contributed by atoms with E-state index in [0.29, 0.717) is 29.7 Å². The lowest BCUT2D eigenvalue weighted by molar-refractivity contribution is -0.0221. The molecule has 1 aliphatic heterocycles. The van der Waals surface area contributed by atoms with Gasteiger partial charge in [-0.15, -0.1) is 0 Å². The molecule has 0 bridgehead atoms. The lowest BCUT2D eigenvalue weighted by Crippen LogP contribution is -2.52. The third kappa shape index (κ3) is 3.15. The monoisotopic (exact) mass is 336 g/mol. The van der Waals surface area contributed by atoms with Gasteiger partial charge in [0.2, 0.25) is 0 Å². The van der Waals surface area contributed by atoms with Crippen LogP contribution in [0.4, 0.5) is 4.39 Å². The summed E-state index contributed by atoms with van der Waals surface area (Å²) in [6.07, 6.45) is -0.374. The molecule has 23 heavy (non-hydrogen) atoms. The van der Waals surface area contributed by atoms with Gasteiger partial charge in [-0.1, -0.05) is 88.5 Å². The molecule has 1 aliphatic rings. The summed E-state index contributed by atoms with van der Waals surface area (Å²) in [6, 6.07) is 11.0. The number of ether oxygens (including phenoxy) is 1. The zero-order valence-corrected chi connectivity index (χ0v) is 16.6. The van der Waals surface area contributed by atoms with E-state index in [2.05, 4.69) is 53.7 Å². The average molecular weight is 337 g/mol. The highest BCUT2D eigenvalue weighted by molar-refractivity contribution is 6.83. The molecule has 3 heteroatoms. The highest BCUT2D eigenvalue weighted by Crippen LogP contribution is 2.53. The molecule has 1 aromatic rings. The maximum Gasteiger partial charge on any atom is 0.135 e. The Labute approximate surface area is 142 Å². The molecule has 1 fully saturated rings. The minimum absolute atomic E-state index is 0.521. The molecule has 2 rings (SSSR count). The fourth-order valence-corrected chi connectivity index (χ4v) is 11.6. The minimum Gasteiger partial charge on any atom is -0.367 e. The van der Waals surface area contributed by atoms with Gasteiger partial charge in [-0.3, -0.25) is 0 Å². The van der Waals surface area contributed by atoms with Crippen molar-refractivity contribution in [3.8, 4) is 0 Å². The van der Waals surface area contributed by atoms with Crippen LogP contribution in [0.5, 0.6) is 0 Å². The molecule has 0 N–H and O–H groups in total.